The van der Waals surface area contributed by atoms with Crippen molar-refractivity contribution in [2.75, 3.05) is 5.32 Å². The first-order valence-corrected chi connectivity index (χ1v) is 6.65. The fourth-order valence-corrected chi connectivity index (χ4v) is 2.65. The van der Waals surface area contributed by atoms with Crippen LogP contribution < -0.4 is 5.32 Å². The Morgan fingerprint density at radius 1 is 1.47 bits per heavy atom. The van der Waals surface area contributed by atoms with Crippen LogP contribution in [-0.4, -0.2) is 10.9 Å². The number of hydrogen-bond donors (Lipinski definition) is 1. The van der Waals surface area contributed by atoms with E-state index in [1.165, 1.54) is 17.4 Å². The van der Waals surface area contributed by atoms with Crippen molar-refractivity contribution in [3.63, 3.8) is 0 Å². The molecule has 2 rings (SSSR count). The average molecular weight is 292 g/mol. The van der Waals surface area contributed by atoms with Crippen molar-refractivity contribution < 1.29 is 4.79 Å². The number of aromatic nitrogens is 1. The van der Waals surface area contributed by atoms with Gasteiger partial charge in [0.1, 0.15) is 4.88 Å². The van der Waals surface area contributed by atoms with Crippen molar-refractivity contribution in [2.24, 2.45) is 0 Å². The molecule has 6 heteroatoms. The molecule has 0 atom stereocenters. The summed E-state index contributed by atoms with van der Waals surface area (Å²) in [5.74, 6) is -0.241. The topological polar surface area (TPSA) is 65.8 Å². The van der Waals surface area contributed by atoms with Gasteiger partial charge in [0, 0.05) is 0 Å². The van der Waals surface area contributed by atoms with Crippen molar-refractivity contribution in [3.8, 4) is 6.07 Å². The molecule has 0 aliphatic heterocycles. The molecule has 0 aliphatic rings. The number of benzene rings is 1. The first kappa shape index (κ1) is 13.5. The Balaban J connectivity index is 2.25. The molecular formula is C13H10ClN3OS. The fraction of sp³-hybridized carbons (Fsp3) is 0.154. The van der Waals surface area contributed by atoms with Gasteiger partial charge in [0.25, 0.3) is 5.91 Å². The Hall–Kier alpha value is -1.90. The minimum absolute atomic E-state index is 0.241. The van der Waals surface area contributed by atoms with Gasteiger partial charge in [-0.15, -0.1) is 11.3 Å². The van der Waals surface area contributed by atoms with E-state index in [1.807, 2.05) is 13.0 Å². The van der Waals surface area contributed by atoms with E-state index in [0.717, 1.165) is 5.01 Å². The molecule has 1 aromatic heterocycles. The number of rotatable bonds is 2. The quantitative estimate of drug-likeness (QED) is 0.920. The van der Waals surface area contributed by atoms with Gasteiger partial charge >= 0.3 is 0 Å². The second-order valence-electron chi connectivity index (χ2n) is 3.91. The number of nitrogens with one attached hydrogen (secondary N) is 1. The monoisotopic (exact) mass is 291 g/mol. The highest BCUT2D eigenvalue weighted by atomic mass is 35.5. The molecule has 19 heavy (non-hydrogen) atoms. The summed E-state index contributed by atoms with van der Waals surface area (Å²) < 4.78 is 0. The van der Waals surface area contributed by atoms with Gasteiger partial charge in [-0.25, -0.2) is 4.98 Å². The van der Waals surface area contributed by atoms with Crippen LogP contribution in [0.3, 0.4) is 0 Å². The number of thiazole rings is 1. The maximum Gasteiger partial charge on any atom is 0.267 e. The number of nitrogens with zero attached hydrogens (tertiary/aromatic N) is 2. The second kappa shape index (κ2) is 5.39. The van der Waals surface area contributed by atoms with Gasteiger partial charge in [-0.05, 0) is 32.0 Å². The molecule has 1 heterocycles. The molecule has 2 aromatic rings. The number of carbonyl (C=O) groups excluding carboxylic acids is 1. The van der Waals surface area contributed by atoms with E-state index < -0.39 is 0 Å². The van der Waals surface area contributed by atoms with Crippen molar-refractivity contribution in [1.29, 1.82) is 5.26 Å². The number of aryl methyl sites for hydroxylation is 2. The van der Waals surface area contributed by atoms with Crippen LogP contribution in [0.5, 0.6) is 0 Å². The van der Waals surface area contributed by atoms with Crippen molar-refractivity contribution in [1.82, 2.24) is 4.98 Å². The molecule has 0 spiro atoms. The van der Waals surface area contributed by atoms with Crippen LogP contribution in [0.2, 0.25) is 5.02 Å². The van der Waals surface area contributed by atoms with Gasteiger partial charge < -0.3 is 5.32 Å². The second-order valence-corrected chi connectivity index (χ2v) is 5.52. The molecule has 4 nitrogen and oxygen atoms in total. The van der Waals surface area contributed by atoms with E-state index in [2.05, 4.69) is 10.3 Å². The third-order valence-electron chi connectivity index (χ3n) is 2.46. The van der Waals surface area contributed by atoms with E-state index in [0.29, 0.717) is 26.8 Å². The smallest absolute Gasteiger partial charge is 0.267 e. The predicted molar refractivity (Wildman–Crippen MR) is 75.7 cm³/mol. The summed E-state index contributed by atoms with van der Waals surface area (Å²) in [6, 6.07) is 6.72. The highest BCUT2D eigenvalue weighted by Crippen LogP contribution is 2.25. The third kappa shape index (κ3) is 2.92. The van der Waals surface area contributed by atoms with E-state index in [1.54, 1.807) is 19.1 Å². The molecule has 1 N–H and O–H groups in total. The van der Waals surface area contributed by atoms with Crippen LogP contribution >= 0.6 is 22.9 Å². The van der Waals surface area contributed by atoms with Crippen molar-refractivity contribution >= 4 is 34.5 Å². The number of hydrogen-bond acceptors (Lipinski definition) is 4. The van der Waals surface area contributed by atoms with Gasteiger partial charge in [-0.2, -0.15) is 5.26 Å². The maximum atomic E-state index is 12.1. The largest absolute Gasteiger partial charge is 0.320 e. The molecule has 0 fully saturated rings. The summed E-state index contributed by atoms with van der Waals surface area (Å²) in [6.07, 6.45) is 0. The molecule has 0 bridgehead atoms. The van der Waals surface area contributed by atoms with Crippen LogP contribution in [-0.2, 0) is 0 Å². The molecule has 0 aliphatic carbocycles. The first-order valence-electron chi connectivity index (χ1n) is 5.46. The predicted octanol–water partition coefficient (Wildman–Crippen LogP) is 3.54. The summed E-state index contributed by atoms with van der Waals surface area (Å²) in [6.45, 7) is 3.64. The van der Waals surface area contributed by atoms with Gasteiger partial charge in [0.05, 0.1) is 33.0 Å². The lowest BCUT2D eigenvalue weighted by Gasteiger charge is -2.06. The number of carbonyl (C=O) groups is 1. The Morgan fingerprint density at radius 3 is 2.74 bits per heavy atom. The summed E-state index contributed by atoms with van der Waals surface area (Å²) in [7, 11) is 0. The van der Waals surface area contributed by atoms with E-state index in [-0.39, 0.29) is 5.91 Å². The molecular weight excluding hydrogens is 282 g/mol. The fourth-order valence-electron chi connectivity index (χ4n) is 1.61. The molecule has 0 radical (unpaired) electrons. The number of anilines is 1. The van der Waals surface area contributed by atoms with Gasteiger partial charge in [0.15, 0.2) is 0 Å². The standard InChI is InChI=1S/C13H10ClN3OS/c1-7-12(19-8(2)16-7)13(18)17-11-4-3-9(6-15)5-10(11)14/h3-5H,1-2H3,(H,17,18). The summed E-state index contributed by atoms with van der Waals surface area (Å²) in [4.78, 5) is 16.9. The molecule has 0 unspecified atom stereocenters. The lowest BCUT2D eigenvalue weighted by molar-refractivity contribution is 0.103. The zero-order chi connectivity index (χ0) is 14.0. The zero-order valence-corrected chi connectivity index (χ0v) is 11.9. The number of nitriles is 1. The van der Waals surface area contributed by atoms with Crippen molar-refractivity contribution in [3.05, 3.63) is 44.4 Å². The minimum Gasteiger partial charge on any atom is -0.320 e. The molecule has 96 valence electrons. The van der Waals surface area contributed by atoms with E-state index >= 15 is 0 Å². The Kier molecular flexibility index (Phi) is 3.84. The summed E-state index contributed by atoms with van der Waals surface area (Å²) in [5.41, 5.74) is 1.63. The zero-order valence-electron chi connectivity index (χ0n) is 10.3. The van der Waals surface area contributed by atoms with Crippen molar-refractivity contribution in [2.45, 2.75) is 13.8 Å². The molecule has 1 amide bonds. The maximum absolute atomic E-state index is 12.1. The lowest BCUT2D eigenvalue weighted by atomic mass is 10.2. The van der Waals surface area contributed by atoms with Gasteiger partial charge in [0.2, 0.25) is 0 Å². The minimum atomic E-state index is -0.241. The number of halogens is 1. The Morgan fingerprint density at radius 2 is 2.21 bits per heavy atom. The number of amides is 1. The summed E-state index contributed by atoms with van der Waals surface area (Å²) >= 11 is 7.34. The van der Waals surface area contributed by atoms with Crippen LogP contribution in [0, 0.1) is 25.2 Å². The first-order chi connectivity index (χ1) is 9.01. The molecule has 0 saturated carbocycles. The average Bonchev–Trinajstić information content (AvgIpc) is 2.71. The van der Waals surface area contributed by atoms with Crippen LogP contribution in [0.4, 0.5) is 5.69 Å². The SMILES string of the molecule is Cc1nc(C)c(C(=O)Nc2ccc(C#N)cc2Cl)s1. The van der Waals surface area contributed by atoms with Crippen LogP contribution in [0.1, 0.15) is 25.9 Å². The normalized spacial score (nSPS) is 10.0. The third-order valence-corrected chi connectivity index (χ3v) is 3.84. The molecule has 1 aromatic carbocycles. The Bertz CT molecular complexity index is 688. The van der Waals surface area contributed by atoms with E-state index in [9.17, 15) is 4.79 Å². The Labute approximate surface area is 119 Å². The molecule has 0 saturated heterocycles. The van der Waals surface area contributed by atoms with Crippen LogP contribution in [0.25, 0.3) is 0 Å². The van der Waals surface area contributed by atoms with E-state index in [4.69, 9.17) is 16.9 Å². The highest BCUT2D eigenvalue weighted by molar-refractivity contribution is 7.13. The van der Waals surface area contributed by atoms with Gasteiger partial charge in [-0.3, -0.25) is 4.79 Å². The highest BCUT2D eigenvalue weighted by Gasteiger charge is 2.15. The summed E-state index contributed by atoms with van der Waals surface area (Å²) in [5, 5.41) is 12.7. The van der Waals surface area contributed by atoms with Gasteiger partial charge in [-0.1, -0.05) is 11.6 Å². The van der Waals surface area contributed by atoms with Crippen LogP contribution in [0.15, 0.2) is 18.2 Å². The lowest BCUT2D eigenvalue weighted by Crippen LogP contribution is -2.11.